The van der Waals surface area contributed by atoms with Crippen LogP contribution in [-0.2, 0) is 13.1 Å². The summed E-state index contributed by atoms with van der Waals surface area (Å²) in [6, 6.07) is 0. The van der Waals surface area contributed by atoms with Crippen LogP contribution in [-0.4, -0.2) is 34.1 Å². The molecule has 0 unspecified atom stereocenters. The Kier molecular flexibility index (Phi) is 7.52. The zero-order valence-electron chi connectivity index (χ0n) is 11.5. The molecular weight excluding hydrogens is 387 g/mol. The van der Waals surface area contributed by atoms with E-state index in [0.717, 1.165) is 24.1 Å². The van der Waals surface area contributed by atoms with Crippen molar-refractivity contribution in [2.45, 2.75) is 20.0 Å². The molecule has 20 heavy (non-hydrogen) atoms. The molecule has 0 saturated heterocycles. The highest BCUT2D eigenvalue weighted by molar-refractivity contribution is 14.0. The van der Waals surface area contributed by atoms with Crippen LogP contribution in [0.2, 0.25) is 0 Å². The van der Waals surface area contributed by atoms with Crippen molar-refractivity contribution >= 4 is 41.3 Å². The number of thiazole rings is 1. The Morgan fingerprint density at radius 1 is 1.45 bits per heavy atom. The second-order valence-electron chi connectivity index (χ2n) is 4.02. The van der Waals surface area contributed by atoms with Gasteiger partial charge in [0, 0.05) is 43.6 Å². The van der Waals surface area contributed by atoms with E-state index in [4.69, 9.17) is 0 Å². The molecule has 2 heterocycles. The average Bonchev–Trinajstić information content (AvgIpc) is 3.05. The van der Waals surface area contributed by atoms with E-state index >= 15 is 0 Å². The van der Waals surface area contributed by atoms with Crippen LogP contribution < -0.4 is 10.6 Å². The van der Waals surface area contributed by atoms with Gasteiger partial charge < -0.3 is 15.2 Å². The molecule has 0 aliphatic carbocycles. The van der Waals surface area contributed by atoms with Crippen LogP contribution in [0, 0.1) is 6.92 Å². The van der Waals surface area contributed by atoms with Crippen molar-refractivity contribution in [3.63, 3.8) is 0 Å². The average molecular weight is 406 g/mol. The van der Waals surface area contributed by atoms with Gasteiger partial charge in [0.1, 0.15) is 5.01 Å². The van der Waals surface area contributed by atoms with Gasteiger partial charge in [-0.15, -0.1) is 35.3 Å². The van der Waals surface area contributed by atoms with Gasteiger partial charge in [-0.1, -0.05) is 0 Å². The van der Waals surface area contributed by atoms with E-state index in [1.165, 1.54) is 4.88 Å². The molecule has 0 fully saturated rings. The smallest absolute Gasteiger partial charge is 0.191 e. The molecule has 0 aromatic carbocycles. The first-order valence-electron chi connectivity index (χ1n) is 6.09. The number of imidazole rings is 1. The van der Waals surface area contributed by atoms with Gasteiger partial charge in [0.25, 0.3) is 0 Å². The van der Waals surface area contributed by atoms with E-state index in [0.29, 0.717) is 6.54 Å². The SMILES string of the molecule is CN=C(NCCn1ccnc1)NCc1ncc(C)s1.I. The standard InChI is InChI=1S/C12H18N6S.HI/c1-10-7-16-11(19-10)8-17-12(13-2)15-4-6-18-5-3-14-9-18;/h3,5,7,9H,4,6,8H2,1-2H3,(H2,13,15,17);1H. The number of halogens is 1. The highest BCUT2D eigenvalue weighted by Gasteiger charge is 2.01. The van der Waals surface area contributed by atoms with E-state index in [9.17, 15) is 0 Å². The van der Waals surface area contributed by atoms with E-state index in [1.54, 1.807) is 30.9 Å². The zero-order chi connectivity index (χ0) is 13.5. The van der Waals surface area contributed by atoms with Crippen LogP contribution in [0.3, 0.4) is 0 Å². The van der Waals surface area contributed by atoms with Crippen molar-refractivity contribution in [3.05, 3.63) is 34.8 Å². The van der Waals surface area contributed by atoms with E-state index < -0.39 is 0 Å². The van der Waals surface area contributed by atoms with Gasteiger partial charge in [-0.3, -0.25) is 4.99 Å². The van der Waals surface area contributed by atoms with Crippen LogP contribution in [0.4, 0.5) is 0 Å². The summed E-state index contributed by atoms with van der Waals surface area (Å²) in [5, 5.41) is 7.56. The third-order valence-corrected chi connectivity index (χ3v) is 3.43. The van der Waals surface area contributed by atoms with Gasteiger partial charge in [0.05, 0.1) is 12.9 Å². The molecule has 0 aliphatic heterocycles. The third-order valence-electron chi connectivity index (χ3n) is 2.52. The third kappa shape index (κ3) is 5.45. The van der Waals surface area contributed by atoms with E-state index in [1.807, 2.05) is 17.0 Å². The van der Waals surface area contributed by atoms with Crippen molar-refractivity contribution in [3.8, 4) is 0 Å². The highest BCUT2D eigenvalue weighted by Crippen LogP contribution is 2.10. The maximum Gasteiger partial charge on any atom is 0.191 e. The molecule has 2 aromatic heterocycles. The number of aliphatic imine (C=N–C) groups is 1. The van der Waals surface area contributed by atoms with E-state index in [2.05, 4.69) is 32.5 Å². The molecule has 0 bridgehead atoms. The predicted molar refractivity (Wildman–Crippen MR) is 92.7 cm³/mol. The van der Waals surface area contributed by atoms with Gasteiger partial charge in [-0.2, -0.15) is 0 Å². The lowest BCUT2D eigenvalue weighted by molar-refractivity contribution is 0.661. The monoisotopic (exact) mass is 406 g/mol. The summed E-state index contributed by atoms with van der Waals surface area (Å²) in [6.45, 7) is 4.41. The van der Waals surface area contributed by atoms with Crippen molar-refractivity contribution < 1.29 is 0 Å². The molecule has 2 rings (SSSR count). The second kappa shape index (κ2) is 8.90. The molecule has 110 valence electrons. The fourth-order valence-corrected chi connectivity index (χ4v) is 2.31. The number of aryl methyl sites for hydroxylation is 1. The van der Waals surface area contributed by atoms with Crippen molar-refractivity contribution in [1.29, 1.82) is 0 Å². The van der Waals surface area contributed by atoms with Crippen molar-refractivity contribution in [2.24, 2.45) is 4.99 Å². The van der Waals surface area contributed by atoms with Crippen LogP contribution in [0.5, 0.6) is 0 Å². The van der Waals surface area contributed by atoms with Crippen molar-refractivity contribution in [1.82, 2.24) is 25.2 Å². The largest absolute Gasteiger partial charge is 0.355 e. The van der Waals surface area contributed by atoms with Crippen LogP contribution in [0.1, 0.15) is 9.88 Å². The van der Waals surface area contributed by atoms with Crippen LogP contribution in [0.25, 0.3) is 0 Å². The quantitative estimate of drug-likeness (QED) is 0.450. The molecule has 6 nitrogen and oxygen atoms in total. The molecule has 0 atom stereocenters. The number of hydrogen-bond donors (Lipinski definition) is 2. The predicted octanol–water partition coefficient (Wildman–Crippen LogP) is 1.63. The van der Waals surface area contributed by atoms with Gasteiger partial charge in [0.15, 0.2) is 5.96 Å². The minimum absolute atomic E-state index is 0. The first-order chi connectivity index (χ1) is 9.28. The minimum atomic E-state index is 0. The van der Waals surface area contributed by atoms with Gasteiger partial charge >= 0.3 is 0 Å². The Morgan fingerprint density at radius 3 is 2.90 bits per heavy atom. The minimum Gasteiger partial charge on any atom is -0.355 e. The zero-order valence-corrected chi connectivity index (χ0v) is 14.7. The maximum absolute atomic E-state index is 4.30. The lowest BCUT2D eigenvalue weighted by atomic mass is 10.6. The molecular formula is C12H19IN6S. The molecule has 2 N–H and O–H groups in total. The fourth-order valence-electron chi connectivity index (χ4n) is 1.59. The Morgan fingerprint density at radius 2 is 2.30 bits per heavy atom. The maximum atomic E-state index is 4.30. The molecule has 0 radical (unpaired) electrons. The highest BCUT2D eigenvalue weighted by atomic mass is 127. The number of rotatable bonds is 5. The van der Waals surface area contributed by atoms with Gasteiger partial charge in [0.2, 0.25) is 0 Å². The summed E-state index contributed by atoms with van der Waals surface area (Å²) < 4.78 is 2.02. The Bertz CT molecular complexity index is 522. The summed E-state index contributed by atoms with van der Waals surface area (Å²) in [7, 11) is 1.76. The van der Waals surface area contributed by atoms with Gasteiger partial charge in [-0.05, 0) is 6.92 Å². The van der Waals surface area contributed by atoms with Crippen LogP contribution in [0.15, 0.2) is 29.9 Å². The molecule has 0 amide bonds. The topological polar surface area (TPSA) is 67.1 Å². The number of nitrogens with one attached hydrogen (secondary N) is 2. The number of aromatic nitrogens is 3. The number of nitrogens with zero attached hydrogens (tertiary/aromatic N) is 4. The lowest BCUT2D eigenvalue weighted by Gasteiger charge is -2.10. The summed E-state index contributed by atoms with van der Waals surface area (Å²) in [4.78, 5) is 13.7. The summed E-state index contributed by atoms with van der Waals surface area (Å²) >= 11 is 1.69. The lowest BCUT2D eigenvalue weighted by Crippen LogP contribution is -2.38. The molecule has 0 aliphatic rings. The van der Waals surface area contributed by atoms with Crippen LogP contribution >= 0.6 is 35.3 Å². The normalized spacial score (nSPS) is 11.0. The Hall–Kier alpha value is -1.16. The molecule has 0 spiro atoms. The fraction of sp³-hybridized carbons (Fsp3) is 0.417. The first-order valence-corrected chi connectivity index (χ1v) is 6.91. The summed E-state index contributed by atoms with van der Waals surface area (Å²) in [5.41, 5.74) is 0. The first kappa shape index (κ1) is 16.9. The second-order valence-corrected chi connectivity index (χ2v) is 5.34. The number of hydrogen-bond acceptors (Lipinski definition) is 4. The molecule has 0 saturated carbocycles. The van der Waals surface area contributed by atoms with E-state index in [-0.39, 0.29) is 24.0 Å². The number of guanidine groups is 1. The molecule has 2 aromatic rings. The summed E-state index contributed by atoms with van der Waals surface area (Å²) in [6.07, 6.45) is 7.40. The Balaban J connectivity index is 0.00000200. The van der Waals surface area contributed by atoms with Crippen molar-refractivity contribution in [2.75, 3.05) is 13.6 Å². The Labute approximate surface area is 139 Å². The summed E-state index contributed by atoms with van der Waals surface area (Å²) in [5.74, 6) is 0.785. The molecule has 8 heteroatoms. The van der Waals surface area contributed by atoms with Gasteiger partial charge in [-0.25, -0.2) is 9.97 Å².